The van der Waals surface area contributed by atoms with Gasteiger partial charge in [-0.15, -0.1) is 11.3 Å². The van der Waals surface area contributed by atoms with Crippen LogP contribution in [0.25, 0.3) is 22.0 Å². The van der Waals surface area contributed by atoms with Crippen LogP contribution >= 0.6 is 11.3 Å². The monoisotopic (exact) mass is 393 g/mol. The van der Waals surface area contributed by atoms with Gasteiger partial charge in [0.15, 0.2) is 5.13 Å². The summed E-state index contributed by atoms with van der Waals surface area (Å²) in [5.74, 6) is -0.149. The summed E-state index contributed by atoms with van der Waals surface area (Å²) in [7, 11) is 0. The predicted molar refractivity (Wildman–Crippen MR) is 113 cm³/mol. The number of thiazole rings is 1. The van der Waals surface area contributed by atoms with Crippen LogP contribution in [0.4, 0.5) is 9.52 Å². The number of nitrogen functional groups attached to an aromatic ring is 1. The number of aromatic amines is 1. The highest BCUT2D eigenvalue weighted by atomic mass is 32.1. The van der Waals surface area contributed by atoms with E-state index in [1.165, 1.54) is 17.4 Å². The topological polar surface area (TPSA) is 71.8 Å². The Morgan fingerprint density at radius 3 is 2.64 bits per heavy atom. The molecule has 0 aliphatic heterocycles. The van der Waals surface area contributed by atoms with Crippen molar-refractivity contribution >= 4 is 27.2 Å². The first-order valence-electron chi connectivity index (χ1n) is 9.07. The van der Waals surface area contributed by atoms with Crippen LogP contribution in [0.3, 0.4) is 0 Å². The number of pyridine rings is 1. The molecule has 1 atom stereocenters. The molecular formula is C22H20FN3OS. The first-order chi connectivity index (χ1) is 13.4. The molecule has 0 saturated heterocycles. The van der Waals surface area contributed by atoms with Gasteiger partial charge in [-0.1, -0.05) is 44.2 Å². The number of fused-ring (bicyclic) bond motifs is 1. The highest BCUT2D eigenvalue weighted by molar-refractivity contribution is 7.15. The Hall–Kier alpha value is -2.99. The van der Waals surface area contributed by atoms with Gasteiger partial charge in [0.1, 0.15) is 5.82 Å². The Kier molecular flexibility index (Phi) is 4.73. The minimum absolute atomic E-state index is 0.0818. The van der Waals surface area contributed by atoms with Crippen LogP contribution in [0.15, 0.2) is 59.5 Å². The second-order valence-corrected chi connectivity index (χ2v) is 8.25. The summed E-state index contributed by atoms with van der Waals surface area (Å²) in [6.45, 7) is 4.14. The molecule has 2 aromatic carbocycles. The van der Waals surface area contributed by atoms with Crippen molar-refractivity contribution in [3.05, 3.63) is 81.3 Å². The average Bonchev–Trinajstić information content (AvgIpc) is 3.09. The lowest BCUT2D eigenvalue weighted by molar-refractivity contribution is 0.565. The summed E-state index contributed by atoms with van der Waals surface area (Å²) in [6, 6.07) is 14.2. The standard InChI is InChI=1S/C22H20FN3OS/c1-12(2)20(19-11-25-22(24)28-19)15-8-9-18(26-21(15)27)14-7-6-13-4-3-5-17(23)16(13)10-14/h3-12,20H,1-2H3,(H2,24,25)(H,26,27). The van der Waals surface area contributed by atoms with Gasteiger partial charge in [0, 0.05) is 33.6 Å². The highest BCUT2D eigenvalue weighted by Gasteiger charge is 2.23. The van der Waals surface area contributed by atoms with Crippen LogP contribution < -0.4 is 11.3 Å². The minimum Gasteiger partial charge on any atom is -0.375 e. The third-order valence-corrected chi connectivity index (χ3v) is 5.84. The fourth-order valence-corrected chi connectivity index (χ4v) is 4.56. The van der Waals surface area contributed by atoms with E-state index in [9.17, 15) is 9.18 Å². The van der Waals surface area contributed by atoms with Crippen LogP contribution in [0.1, 0.15) is 30.2 Å². The predicted octanol–water partition coefficient (Wildman–Crippen LogP) is 5.16. The van der Waals surface area contributed by atoms with Crippen LogP contribution in [0, 0.1) is 11.7 Å². The second-order valence-electron chi connectivity index (χ2n) is 7.15. The molecule has 6 heteroatoms. The van der Waals surface area contributed by atoms with Crippen molar-refractivity contribution in [3.8, 4) is 11.3 Å². The van der Waals surface area contributed by atoms with Crippen molar-refractivity contribution < 1.29 is 4.39 Å². The van der Waals surface area contributed by atoms with Crippen molar-refractivity contribution in [2.75, 3.05) is 5.73 Å². The fourth-order valence-electron chi connectivity index (χ4n) is 3.59. The molecule has 0 bridgehead atoms. The molecule has 3 N–H and O–H groups in total. The molecule has 0 spiro atoms. The zero-order valence-electron chi connectivity index (χ0n) is 15.6. The van der Waals surface area contributed by atoms with E-state index < -0.39 is 0 Å². The molecule has 2 aromatic heterocycles. The lowest BCUT2D eigenvalue weighted by atomic mass is 9.88. The quantitative estimate of drug-likeness (QED) is 0.503. The zero-order chi connectivity index (χ0) is 19.8. The molecule has 4 rings (SSSR count). The summed E-state index contributed by atoms with van der Waals surface area (Å²) in [5.41, 5.74) is 7.73. The molecule has 4 nitrogen and oxygen atoms in total. The summed E-state index contributed by atoms with van der Waals surface area (Å²) in [4.78, 5) is 21.0. The maximum Gasteiger partial charge on any atom is 0.252 e. The van der Waals surface area contributed by atoms with Gasteiger partial charge >= 0.3 is 0 Å². The summed E-state index contributed by atoms with van der Waals surface area (Å²) < 4.78 is 14.1. The number of nitrogens with one attached hydrogen (secondary N) is 1. The van der Waals surface area contributed by atoms with E-state index in [-0.39, 0.29) is 23.2 Å². The summed E-state index contributed by atoms with van der Waals surface area (Å²) in [6.07, 6.45) is 1.74. The molecule has 2 heterocycles. The maximum atomic E-state index is 14.1. The van der Waals surface area contributed by atoms with E-state index in [0.29, 0.717) is 21.8 Å². The van der Waals surface area contributed by atoms with Gasteiger partial charge in [-0.2, -0.15) is 0 Å². The Morgan fingerprint density at radius 1 is 1.14 bits per heavy atom. The molecule has 28 heavy (non-hydrogen) atoms. The highest BCUT2D eigenvalue weighted by Crippen LogP contribution is 2.34. The van der Waals surface area contributed by atoms with Crippen LogP contribution in [0.5, 0.6) is 0 Å². The number of aromatic nitrogens is 2. The van der Waals surface area contributed by atoms with Gasteiger partial charge in [0.2, 0.25) is 0 Å². The molecule has 0 aliphatic carbocycles. The number of nitrogens with zero attached hydrogens (tertiary/aromatic N) is 1. The van der Waals surface area contributed by atoms with Crippen molar-refractivity contribution in [2.24, 2.45) is 5.92 Å². The van der Waals surface area contributed by atoms with Gasteiger partial charge in [-0.3, -0.25) is 4.79 Å². The summed E-state index contributed by atoms with van der Waals surface area (Å²) >= 11 is 1.40. The Morgan fingerprint density at radius 2 is 1.96 bits per heavy atom. The van der Waals surface area contributed by atoms with Gasteiger partial charge in [0.05, 0.1) is 0 Å². The van der Waals surface area contributed by atoms with Gasteiger partial charge < -0.3 is 10.7 Å². The minimum atomic E-state index is -0.277. The van der Waals surface area contributed by atoms with Gasteiger partial charge in [0.25, 0.3) is 5.56 Å². The van der Waals surface area contributed by atoms with E-state index in [1.54, 1.807) is 18.3 Å². The smallest absolute Gasteiger partial charge is 0.252 e. The first kappa shape index (κ1) is 18.4. The molecule has 4 aromatic rings. The van der Waals surface area contributed by atoms with E-state index >= 15 is 0 Å². The molecule has 0 radical (unpaired) electrons. The average molecular weight is 393 g/mol. The van der Waals surface area contributed by atoms with Crippen molar-refractivity contribution in [2.45, 2.75) is 19.8 Å². The van der Waals surface area contributed by atoms with Crippen molar-refractivity contribution in [1.29, 1.82) is 0 Å². The molecule has 1 unspecified atom stereocenters. The van der Waals surface area contributed by atoms with Crippen LogP contribution in [-0.4, -0.2) is 9.97 Å². The Labute approximate surface area is 165 Å². The first-order valence-corrected chi connectivity index (χ1v) is 9.89. The number of rotatable bonds is 4. The number of halogens is 1. The molecule has 0 fully saturated rings. The number of anilines is 1. The van der Waals surface area contributed by atoms with Crippen LogP contribution in [-0.2, 0) is 0 Å². The lowest BCUT2D eigenvalue weighted by Crippen LogP contribution is -2.20. The number of hydrogen-bond donors (Lipinski definition) is 2. The van der Waals surface area contributed by atoms with Crippen LogP contribution in [0.2, 0.25) is 0 Å². The lowest BCUT2D eigenvalue weighted by Gasteiger charge is -2.19. The number of H-pyrrole nitrogens is 1. The summed E-state index contributed by atoms with van der Waals surface area (Å²) in [5, 5.41) is 1.85. The van der Waals surface area contributed by atoms with Crippen molar-refractivity contribution in [3.63, 3.8) is 0 Å². The van der Waals surface area contributed by atoms with E-state index in [2.05, 4.69) is 23.8 Å². The molecular weight excluding hydrogens is 373 g/mol. The van der Waals surface area contributed by atoms with Crippen molar-refractivity contribution in [1.82, 2.24) is 9.97 Å². The zero-order valence-corrected chi connectivity index (χ0v) is 16.4. The van der Waals surface area contributed by atoms with Gasteiger partial charge in [-0.05, 0) is 35.1 Å². The van der Waals surface area contributed by atoms with E-state index in [4.69, 9.17) is 5.73 Å². The molecule has 0 saturated carbocycles. The molecule has 0 aliphatic rings. The SMILES string of the molecule is CC(C)C(c1cnc(N)s1)c1ccc(-c2ccc3cccc(F)c3c2)[nH]c1=O. The normalized spacial score (nSPS) is 12.6. The fraction of sp³-hybridized carbons (Fsp3) is 0.182. The number of benzene rings is 2. The second kappa shape index (κ2) is 7.20. The third kappa shape index (κ3) is 3.31. The third-order valence-electron chi connectivity index (χ3n) is 4.93. The number of hydrogen-bond acceptors (Lipinski definition) is 4. The largest absolute Gasteiger partial charge is 0.375 e. The van der Waals surface area contributed by atoms with E-state index in [1.807, 2.05) is 30.3 Å². The molecule has 142 valence electrons. The van der Waals surface area contributed by atoms with Gasteiger partial charge in [-0.25, -0.2) is 9.37 Å². The Balaban J connectivity index is 1.77. The number of nitrogens with two attached hydrogens (primary N) is 1. The Bertz CT molecular complexity index is 1210. The van der Waals surface area contributed by atoms with E-state index in [0.717, 1.165) is 15.8 Å². The maximum absolute atomic E-state index is 14.1. The molecule has 0 amide bonds.